The fourth-order valence-electron chi connectivity index (χ4n) is 1.88. The maximum Gasteiger partial charge on any atom is 0.161 e. The Kier molecular flexibility index (Phi) is 4.38. The number of thioether (sulfide) groups is 1. The summed E-state index contributed by atoms with van der Waals surface area (Å²) in [6.45, 7) is 6.54. The number of nitrogens with one attached hydrogen (secondary N) is 1. The lowest BCUT2D eigenvalue weighted by atomic mass is 9.97. The van der Waals surface area contributed by atoms with E-state index >= 15 is 0 Å². The third kappa shape index (κ3) is 3.09. The molecule has 1 heterocycles. The Morgan fingerprint density at radius 1 is 1.50 bits per heavy atom. The molecule has 18 heavy (non-hydrogen) atoms. The molecule has 2 nitrogen and oxygen atoms in total. The Labute approximate surface area is 122 Å². The fraction of sp³-hybridized carbons (Fsp3) is 0.500. The zero-order valence-corrected chi connectivity index (χ0v) is 13.5. The summed E-state index contributed by atoms with van der Waals surface area (Å²) in [6, 6.07) is 6.24. The minimum atomic E-state index is 0.101. The normalized spacial score (nSPS) is 23.7. The van der Waals surface area contributed by atoms with Gasteiger partial charge < -0.3 is 5.32 Å². The first-order valence-electron chi connectivity index (χ1n) is 6.29. The van der Waals surface area contributed by atoms with Crippen LogP contribution in [-0.4, -0.2) is 16.5 Å². The lowest BCUT2D eigenvalue weighted by Crippen LogP contribution is -2.29. The van der Waals surface area contributed by atoms with E-state index in [4.69, 9.17) is 4.99 Å². The minimum absolute atomic E-state index is 0.101. The van der Waals surface area contributed by atoms with Gasteiger partial charge in [0.05, 0.1) is 11.2 Å². The van der Waals surface area contributed by atoms with Crippen molar-refractivity contribution in [2.24, 2.45) is 4.99 Å². The standard InChI is InChI=1S/C14H19BrN2S/c1-4-14(3)8-9-18-13(17-14)16-11-7-5-6-10(2)12(11)15/h5-7H,4,8-9H2,1-3H3,(H,16,17). The molecule has 1 aliphatic rings. The smallest absolute Gasteiger partial charge is 0.161 e. The van der Waals surface area contributed by atoms with Gasteiger partial charge in [0, 0.05) is 10.2 Å². The summed E-state index contributed by atoms with van der Waals surface area (Å²) in [5, 5.41) is 4.48. The largest absolute Gasteiger partial charge is 0.334 e. The summed E-state index contributed by atoms with van der Waals surface area (Å²) in [5.74, 6) is 1.14. The van der Waals surface area contributed by atoms with Gasteiger partial charge in [-0.25, -0.2) is 0 Å². The molecule has 1 unspecified atom stereocenters. The molecule has 0 aliphatic carbocycles. The molecule has 1 aromatic carbocycles. The number of amidine groups is 1. The molecule has 1 aliphatic heterocycles. The number of aliphatic imine (C=N–C) groups is 1. The molecule has 4 heteroatoms. The van der Waals surface area contributed by atoms with Gasteiger partial charge in [-0.2, -0.15) is 0 Å². The van der Waals surface area contributed by atoms with Crippen molar-refractivity contribution in [3.8, 4) is 0 Å². The second-order valence-corrected chi connectivity index (χ2v) is 6.80. The van der Waals surface area contributed by atoms with Crippen LogP contribution in [0.4, 0.5) is 5.69 Å². The predicted octanol–water partition coefficient (Wildman–Crippen LogP) is 4.83. The molecule has 0 saturated carbocycles. The Balaban J connectivity index is 2.21. The molecule has 0 bridgehead atoms. The summed E-state index contributed by atoms with van der Waals surface area (Å²) >= 11 is 5.43. The number of halogens is 1. The van der Waals surface area contributed by atoms with Crippen molar-refractivity contribution in [3.63, 3.8) is 0 Å². The maximum atomic E-state index is 4.85. The van der Waals surface area contributed by atoms with Crippen LogP contribution in [-0.2, 0) is 0 Å². The molecule has 2 rings (SSSR count). The quantitative estimate of drug-likeness (QED) is 0.841. The van der Waals surface area contributed by atoms with E-state index in [1.54, 1.807) is 0 Å². The molecule has 0 amide bonds. The van der Waals surface area contributed by atoms with Crippen LogP contribution in [0.15, 0.2) is 27.7 Å². The number of rotatable bonds is 2. The van der Waals surface area contributed by atoms with Crippen LogP contribution in [0.1, 0.15) is 32.3 Å². The second-order valence-electron chi connectivity index (χ2n) is 4.93. The first-order valence-corrected chi connectivity index (χ1v) is 8.07. The molecule has 0 saturated heterocycles. The van der Waals surface area contributed by atoms with E-state index in [0.717, 1.165) is 33.9 Å². The highest BCUT2D eigenvalue weighted by Crippen LogP contribution is 2.32. The van der Waals surface area contributed by atoms with Crippen LogP contribution in [0.25, 0.3) is 0 Å². The molecule has 0 aromatic heterocycles. The van der Waals surface area contributed by atoms with E-state index < -0.39 is 0 Å². The monoisotopic (exact) mass is 326 g/mol. The van der Waals surface area contributed by atoms with Gasteiger partial charge in [-0.15, -0.1) is 0 Å². The molecule has 0 spiro atoms. The third-order valence-corrected chi connectivity index (χ3v) is 5.37. The molecule has 1 aromatic rings. The highest BCUT2D eigenvalue weighted by atomic mass is 79.9. The average Bonchev–Trinajstić information content (AvgIpc) is 2.35. The molecular formula is C14H19BrN2S. The molecule has 98 valence electrons. The predicted molar refractivity (Wildman–Crippen MR) is 85.7 cm³/mol. The second kappa shape index (κ2) is 5.66. The van der Waals surface area contributed by atoms with Gasteiger partial charge in [0.15, 0.2) is 5.17 Å². The van der Waals surface area contributed by atoms with Crippen LogP contribution in [0.5, 0.6) is 0 Å². The van der Waals surface area contributed by atoms with Gasteiger partial charge in [-0.3, -0.25) is 4.99 Å². The summed E-state index contributed by atoms with van der Waals surface area (Å²) in [6.07, 6.45) is 2.25. The zero-order chi connectivity index (χ0) is 13.2. The number of hydrogen-bond donors (Lipinski definition) is 1. The van der Waals surface area contributed by atoms with Gasteiger partial charge in [-0.05, 0) is 54.2 Å². The number of benzene rings is 1. The van der Waals surface area contributed by atoms with Gasteiger partial charge >= 0.3 is 0 Å². The summed E-state index contributed by atoms with van der Waals surface area (Å²) in [4.78, 5) is 4.85. The van der Waals surface area contributed by atoms with Crippen LogP contribution in [0.3, 0.4) is 0 Å². The average molecular weight is 327 g/mol. The first kappa shape index (κ1) is 13.9. The van der Waals surface area contributed by atoms with Crippen molar-refractivity contribution < 1.29 is 0 Å². The molecular weight excluding hydrogens is 308 g/mol. The number of hydrogen-bond acceptors (Lipinski definition) is 3. The van der Waals surface area contributed by atoms with Crippen molar-refractivity contribution in [1.82, 2.24) is 0 Å². The summed E-state index contributed by atoms with van der Waals surface area (Å²) < 4.78 is 1.12. The lowest BCUT2D eigenvalue weighted by Gasteiger charge is -2.29. The van der Waals surface area contributed by atoms with Gasteiger partial charge in [0.2, 0.25) is 0 Å². The third-order valence-electron chi connectivity index (χ3n) is 3.45. The SMILES string of the molecule is CCC1(C)CCSC(Nc2cccc(C)c2Br)=N1. The van der Waals surface area contributed by atoms with E-state index in [9.17, 15) is 0 Å². The topological polar surface area (TPSA) is 24.4 Å². The van der Waals surface area contributed by atoms with Gasteiger partial charge in [0.25, 0.3) is 0 Å². The lowest BCUT2D eigenvalue weighted by molar-refractivity contribution is 0.443. The Morgan fingerprint density at radius 3 is 3.00 bits per heavy atom. The van der Waals surface area contributed by atoms with E-state index in [1.165, 1.54) is 5.56 Å². The highest BCUT2D eigenvalue weighted by molar-refractivity contribution is 9.10. The van der Waals surface area contributed by atoms with Crippen molar-refractivity contribution in [2.75, 3.05) is 11.1 Å². The number of nitrogens with zero attached hydrogens (tertiary/aromatic N) is 1. The number of anilines is 1. The van der Waals surface area contributed by atoms with Crippen LogP contribution < -0.4 is 5.32 Å². The van der Waals surface area contributed by atoms with E-state index in [0.29, 0.717) is 0 Å². The van der Waals surface area contributed by atoms with E-state index in [1.807, 2.05) is 11.8 Å². The minimum Gasteiger partial charge on any atom is -0.334 e. The van der Waals surface area contributed by atoms with Crippen LogP contribution >= 0.6 is 27.7 Å². The first-order chi connectivity index (χ1) is 8.54. The van der Waals surface area contributed by atoms with Gasteiger partial charge in [0.1, 0.15) is 0 Å². The molecule has 1 N–H and O–H groups in total. The van der Waals surface area contributed by atoms with Crippen molar-refractivity contribution in [3.05, 3.63) is 28.2 Å². The highest BCUT2D eigenvalue weighted by Gasteiger charge is 2.26. The van der Waals surface area contributed by atoms with Crippen molar-refractivity contribution in [2.45, 2.75) is 39.2 Å². The van der Waals surface area contributed by atoms with Crippen LogP contribution in [0, 0.1) is 6.92 Å². The van der Waals surface area contributed by atoms with E-state index in [2.05, 4.69) is 60.2 Å². The zero-order valence-electron chi connectivity index (χ0n) is 11.1. The van der Waals surface area contributed by atoms with Crippen molar-refractivity contribution in [1.29, 1.82) is 0 Å². The molecule has 0 fully saturated rings. The van der Waals surface area contributed by atoms with E-state index in [-0.39, 0.29) is 5.54 Å². The summed E-state index contributed by atoms with van der Waals surface area (Å²) in [7, 11) is 0. The molecule has 0 radical (unpaired) electrons. The Hall–Kier alpha value is -0.480. The van der Waals surface area contributed by atoms with Gasteiger partial charge in [-0.1, -0.05) is 30.8 Å². The Morgan fingerprint density at radius 2 is 2.28 bits per heavy atom. The summed E-state index contributed by atoms with van der Waals surface area (Å²) in [5.41, 5.74) is 2.44. The Bertz CT molecular complexity index is 473. The molecule has 1 atom stereocenters. The van der Waals surface area contributed by atoms with Crippen molar-refractivity contribution >= 4 is 38.5 Å². The van der Waals surface area contributed by atoms with Crippen LogP contribution in [0.2, 0.25) is 0 Å². The fourth-order valence-corrected chi connectivity index (χ4v) is 3.45. The number of aryl methyl sites for hydroxylation is 1. The maximum absolute atomic E-state index is 4.85.